The van der Waals surface area contributed by atoms with Gasteiger partial charge in [-0.15, -0.1) is 0 Å². The molecule has 0 aliphatic heterocycles. The summed E-state index contributed by atoms with van der Waals surface area (Å²) in [5.74, 6) is 0.885. The van der Waals surface area contributed by atoms with Crippen molar-refractivity contribution in [1.82, 2.24) is 0 Å². The third-order valence-corrected chi connectivity index (χ3v) is 3.08. The molecule has 0 amide bonds. The van der Waals surface area contributed by atoms with Crippen molar-refractivity contribution in [3.05, 3.63) is 24.3 Å². The van der Waals surface area contributed by atoms with Crippen LogP contribution in [0.3, 0.4) is 0 Å². The molecule has 0 saturated carbocycles. The number of hydrogen-bond acceptors (Lipinski definition) is 3. The van der Waals surface area contributed by atoms with Gasteiger partial charge in [0.15, 0.2) is 0 Å². The Hall–Kier alpha value is -1.22. The first-order chi connectivity index (χ1) is 7.86. The highest BCUT2D eigenvalue weighted by Gasteiger charge is 2.22. The summed E-state index contributed by atoms with van der Waals surface area (Å²) < 4.78 is 5.35. The molecule has 1 atom stereocenters. The van der Waals surface area contributed by atoms with Gasteiger partial charge in [-0.05, 0) is 17.5 Å². The van der Waals surface area contributed by atoms with Crippen molar-refractivity contribution < 1.29 is 4.74 Å². The van der Waals surface area contributed by atoms with Crippen LogP contribution in [0.4, 0.5) is 5.69 Å². The number of nitrogens with two attached hydrogens (primary N) is 1. The molecule has 0 bridgehead atoms. The molecule has 0 saturated heterocycles. The van der Waals surface area contributed by atoms with Crippen LogP contribution in [-0.4, -0.2) is 26.7 Å². The average Bonchev–Trinajstić information content (AvgIpc) is 2.27. The van der Waals surface area contributed by atoms with E-state index in [9.17, 15) is 0 Å². The predicted molar refractivity (Wildman–Crippen MR) is 73.7 cm³/mol. The van der Waals surface area contributed by atoms with Crippen LogP contribution in [0, 0.1) is 5.41 Å². The van der Waals surface area contributed by atoms with E-state index in [1.807, 2.05) is 31.3 Å². The number of nitrogens with zero attached hydrogens (tertiary/aromatic N) is 1. The molecule has 1 unspecified atom stereocenters. The van der Waals surface area contributed by atoms with Crippen molar-refractivity contribution in [1.29, 1.82) is 0 Å². The number of benzene rings is 1. The fraction of sp³-hybridized carbons (Fsp3) is 0.571. The molecule has 1 aromatic carbocycles. The SMILES string of the molecule is COc1ccccc1N(C)CC(N)C(C)(C)C. The predicted octanol–water partition coefficient (Wildman–Crippen LogP) is 2.50. The summed E-state index contributed by atoms with van der Waals surface area (Å²) in [7, 11) is 3.74. The van der Waals surface area contributed by atoms with Gasteiger partial charge in [0.05, 0.1) is 12.8 Å². The first-order valence-corrected chi connectivity index (χ1v) is 5.96. The minimum absolute atomic E-state index is 0.107. The Morgan fingerprint density at radius 3 is 2.41 bits per heavy atom. The van der Waals surface area contributed by atoms with E-state index in [0.29, 0.717) is 0 Å². The van der Waals surface area contributed by atoms with Crippen molar-refractivity contribution >= 4 is 5.69 Å². The van der Waals surface area contributed by atoms with E-state index in [1.54, 1.807) is 7.11 Å². The molecule has 0 fully saturated rings. The molecular weight excluding hydrogens is 212 g/mol. The van der Waals surface area contributed by atoms with Crippen molar-refractivity contribution in [3.8, 4) is 5.75 Å². The summed E-state index contributed by atoms with van der Waals surface area (Å²) in [4.78, 5) is 2.15. The molecule has 96 valence electrons. The van der Waals surface area contributed by atoms with Gasteiger partial charge in [-0.2, -0.15) is 0 Å². The lowest BCUT2D eigenvalue weighted by atomic mass is 9.87. The summed E-state index contributed by atoms with van der Waals surface area (Å²) in [5, 5.41) is 0. The van der Waals surface area contributed by atoms with Gasteiger partial charge in [0.25, 0.3) is 0 Å². The molecule has 3 heteroatoms. The van der Waals surface area contributed by atoms with Crippen LogP contribution in [0.1, 0.15) is 20.8 Å². The van der Waals surface area contributed by atoms with Crippen molar-refractivity contribution in [2.75, 3.05) is 25.6 Å². The highest BCUT2D eigenvalue weighted by Crippen LogP contribution is 2.28. The van der Waals surface area contributed by atoms with Crippen LogP contribution >= 0.6 is 0 Å². The summed E-state index contributed by atoms with van der Waals surface area (Å²) in [6.45, 7) is 7.29. The summed E-state index contributed by atoms with van der Waals surface area (Å²) in [6, 6.07) is 8.12. The Labute approximate surface area is 105 Å². The van der Waals surface area contributed by atoms with Crippen LogP contribution in [0.5, 0.6) is 5.75 Å². The molecule has 3 nitrogen and oxygen atoms in total. The Morgan fingerprint density at radius 1 is 1.29 bits per heavy atom. The second-order valence-electron chi connectivity index (χ2n) is 5.52. The van der Waals surface area contributed by atoms with Crippen LogP contribution in [0.25, 0.3) is 0 Å². The minimum Gasteiger partial charge on any atom is -0.495 e. The van der Waals surface area contributed by atoms with E-state index in [2.05, 4.69) is 25.7 Å². The van der Waals surface area contributed by atoms with Gasteiger partial charge in [-0.25, -0.2) is 0 Å². The van der Waals surface area contributed by atoms with Gasteiger partial charge in [-0.1, -0.05) is 32.9 Å². The second kappa shape index (κ2) is 5.41. The van der Waals surface area contributed by atoms with Gasteiger partial charge in [-0.3, -0.25) is 0 Å². The fourth-order valence-electron chi connectivity index (χ4n) is 1.61. The first-order valence-electron chi connectivity index (χ1n) is 5.96. The van der Waals surface area contributed by atoms with Gasteiger partial charge in [0, 0.05) is 19.6 Å². The summed E-state index contributed by atoms with van der Waals surface area (Å²) >= 11 is 0. The maximum Gasteiger partial charge on any atom is 0.142 e. The lowest BCUT2D eigenvalue weighted by Gasteiger charge is -2.32. The number of rotatable bonds is 4. The van der Waals surface area contributed by atoms with Gasteiger partial charge in [0.2, 0.25) is 0 Å². The zero-order chi connectivity index (χ0) is 13.1. The molecule has 0 spiro atoms. The third-order valence-electron chi connectivity index (χ3n) is 3.08. The topological polar surface area (TPSA) is 38.5 Å². The van der Waals surface area contributed by atoms with E-state index in [0.717, 1.165) is 18.0 Å². The third kappa shape index (κ3) is 3.63. The number of anilines is 1. The van der Waals surface area contributed by atoms with E-state index in [-0.39, 0.29) is 11.5 Å². The highest BCUT2D eigenvalue weighted by atomic mass is 16.5. The zero-order valence-corrected chi connectivity index (χ0v) is 11.5. The van der Waals surface area contributed by atoms with E-state index >= 15 is 0 Å². The standard InChI is InChI=1S/C14H24N2O/c1-14(2,3)13(15)10-16(4)11-8-6-7-9-12(11)17-5/h6-9,13H,10,15H2,1-5H3. The molecule has 1 rings (SSSR count). The minimum atomic E-state index is 0.107. The summed E-state index contributed by atoms with van der Waals surface area (Å²) in [6.07, 6.45) is 0. The van der Waals surface area contributed by atoms with Crippen LogP contribution < -0.4 is 15.4 Å². The van der Waals surface area contributed by atoms with E-state index < -0.39 is 0 Å². The monoisotopic (exact) mass is 236 g/mol. The number of likely N-dealkylation sites (N-methyl/N-ethyl adjacent to an activating group) is 1. The van der Waals surface area contributed by atoms with Gasteiger partial charge in [0.1, 0.15) is 5.75 Å². The number of hydrogen-bond donors (Lipinski definition) is 1. The van der Waals surface area contributed by atoms with Crippen molar-refractivity contribution in [2.24, 2.45) is 11.1 Å². The lowest BCUT2D eigenvalue weighted by Crippen LogP contribution is -2.44. The molecular formula is C14H24N2O. The van der Waals surface area contributed by atoms with Crippen LogP contribution in [0.2, 0.25) is 0 Å². The normalized spacial score (nSPS) is 13.3. The first kappa shape index (κ1) is 13.8. The Bertz CT molecular complexity index is 357. The quantitative estimate of drug-likeness (QED) is 0.873. The maximum atomic E-state index is 6.20. The van der Waals surface area contributed by atoms with E-state index in [4.69, 9.17) is 10.5 Å². The molecule has 0 aliphatic rings. The van der Waals surface area contributed by atoms with Gasteiger partial charge >= 0.3 is 0 Å². The lowest BCUT2D eigenvalue weighted by molar-refractivity contribution is 0.322. The molecule has 17 heavy (non-hydrogen) atoms. The second-order valence-corrected chi connectivity index (χ2v) is 5.52. The molecule has 0 heterocycles. The molecule has 2 N–H and O–H groups in total. The van der Waals surface area contributed by atoms with Crippen LogP contribution in [-0.2, 0) is 0 Å². The van der Waals surface area contributed by atoms with Gasteiger partial charge < -0.3 is 15.4 Å². The Kier molecular flexibility index (Phi) is 4.40. The zero-order valence-electron chi connectivity index (χ0n) is 11.5. The smallest absolute Gasteiger partial charge is 0.142 e. The van der Waals surface area contributed by atoms with E-state index in [1.165, 1.54) is 0 Å². The maximum absolute atomic E-state index is 6.20. The molecule has 1 aromatic rings. The molecule has 0 aromatic heterocycles. The summed E-state index contributed by atoms with van der Waals surface area (Å²) in [5.41, 5.74) is 7.38. The molecule has 0 aliphatic carbocycles. The number of para-hydroxylation sites is 2. The molecule has 0 radical (unpaired) electrons. The van der Waals surface area contributed by atoms with Crippen molar-refractivity contribution in [3.63, 3.8) is 0 Å². The van der Waals surface area contributed by atoms with Crippen molar-refractivity contribution in [2.45, 2.75) is 26.8 Å². The largest absolute Gasteiger partial charge is 0.495 e. The number of ether oxygens (including phenoxy) is 1. The highest BCUT2D eigenvalue weighted by molar-refractivity contribution is 5.57. The average molecular weight is 236 g/mol. The fourth-order valence-corrected chi connectivity index (χ4v) is 1.61. The Balaban J connectivity index is 2.79. The Morgan fingerprint density at radius 2 is 1.88 bits per heavy atom. The van der Waals surface area contributed by atoms with Crippen LogP contribution in [0.15, 0.2) is 24.3 Å². The number of methoxy groups -OCH3 is 1.